The Morgan fingerprint density at radius 1 is 1.33 bits per heavy atom. The topological polar surface area (TPSA) is 56.7 Å². The molecule has 1 unspecified atom stereocenters. The van der Waals surface area contributed by atoms with Gasteiger partial charge in [0.05, 0.1) is 11.6 Å². The normalized spacial score (nSPS) is 13.3. The molecule has 2 aromatic rings. The largest absolute Gasteiger partial charge is 0.328 e. The lowest BCUT2D eigenvalue weighted by Crippen LogP contribution is -2.17. The van der Waals surface area contributed by atoms with E-state index in [2.05, 4.69) is 36.3 Å². The molecule has 0 amide bonds. The second-order valence-electron chi connectivity index (χ2n) is 4.04. The van der Waals surface area contributed by atoms with Crippen molar-refractivity contribution in [2.75, 3.05) is 6.54 Å². The van der Waals surface area contributed by atoms with E-state index in [4.69, 9.17) is 5.73 Å². The van der Waals surface area contributed by atoms with Crippen LogP contribution in [0.5, 0.6) is 0 Å². The number of aromatic nitrogens is 3. The summed E-state index contributed by atoms with van der Waals surface area (Å²) in [6.45, 7) is 6.80. The van der Waals surface area contributed by atoms with E-state index in [1.807, 2.05) is 11.6 Å². The third kappa shape index (κ3) is 1.61. The van der Waals surface area contributed by atoms with Gasteiger partial charge in [0.2, 0.25) is 0 Å². The Hall–Kier alpha value is -1.42. The van der Waals surface area contributed by atoms with Gasteiger partial charge in [0.25, 0.3) is 0 Å². The molecule has 15 heavy (non-hydrogen) atoms. The highest BCUT2D eigenvalue weighted by molar-refractivity contribution is 5.76. The maximum Gasteiger partial charge on any atom is 0.113 e. The first-order chi connectivity index (χ1) is 7.13. The van der Waals surface area contributed by atoms with Gasteiger partial charge >= 0.3 is 0 Å². The van der Waals surface area contributed by atoms with Crippen molar-refractivity contribution in [1.29, 1.82) is 0 Å². The molecule has 1 atom stereocenters. The Bertz CT molecular complexity index is 487. The number of benzene rings is 1. The molecule has 0 fully saturated rings. The average molecular weight is 204 g/mol. The van der Waals surface area contributed by atoms with Gasteiger partial charge in [-0.15, -0.1) is 5.10 Å². The molecule has 1 aromatic heterocycles. The standard InChI is InChI=1S/C11H16N4/c1-7-4-10-11(5-8(7)2)15(14-13-10)9(3)6-12/h4-5,9H,6,12H2,1-3H3. The highest BCUT2D eigenvalue weighted by Gasteiger charge is 2.10. The van der Waals surface area contributed by atoms with Crippen LogP contribution in [0.2, 0.25) is 0 Å². The maximum atomic E-state index is 5.63. The third-order valence-corrected chi connectivity index (χ3v) is 2.85. The third-order valence-electron chi connectivity index (χ3n) is 2.85. The fourth-order valence-electron chi connectivity index (χ4n) is 1.62. The van der Waals surface area contributed by atoms with Crippen LogP contribution in [0.25, 0.3) is 11.0 Å². The van der Waals surface area contributed by atoms with Crippen molar-refractivity contribution in [3.05, 3.63) is 23.3 Å². The van der Waals surface area contributed by atoms with Crippen molar-refractivity contribution >= 4 is 11.0 Å². The Kier molecular flexibility index (Phi) is 2.44. The molecule has 0 aliphatic rings. The summed E-state index contributed by atoms with van der Waals surface area (Å²) in [7, 11) is 0. The van der Waals surface area contributed by atoms with Crippen LogP contribution in [-0.2, 0) is 0 Å². The summed E-state index contributed by atoms with van der Waals surface area (Å²) in [5.74, 6) is 0. The molecule has 0 spiro atoms. The van der Waals surface area contributed by atoms with Gasteiger partial charge in [-0.1, -0.05) is 5.21 Å². The summed E-state index contributed by atoms with van der Waals surface area (Å²) in [6, 6.07) is 4.38. The monoisotopic (exact) mass is 204 g/mol. The number of fused-ring (bicyclic) bond motifs is 1. The Morgan fingerprint density at radius 2 is 2.00 bits per heavy atom. The second-order valence-corrected chi connectivity index (χ2v) is 4.04. The molecule has 0 radical (unpaired) electrons. The Labute approximate surface area is 89.1 Å². The van der Waals surface area contributed by atoms with Crippen molar-refractivity contribution in [1.82, 2.24) is 15.0 Å². The van der Waals surface area contributed by atoms with Gasteiger partial charge in [0, 0.05) is 6.54 Å². The van der Waals surface area contributed by atoms with E-state index in [-0.39, 0.29) is 6.04 Å². The van der Waals surface area contributed by atoms with Gasteiger partial charge in [0.15, 0.2) is 0 Å². The van der Waals surface area contributed by atoms with Crippen molar-refractivity contribution in [2.45, 2.75) is 26.8 Å². The molecule has 0 saturated carbocycles. The lowest BCUT2D eigenvalue weighted by atomic mass is 10.1. The molecule has 0 bridgehead atoms. The molecule has 4 nitrogen and oxygen atoms in total. The van der Waals surface area contributed by atoms with E-state index in [0.717, 1.165) is 11.0 Å². The van der Waals surface area contributed by atoms with Crippen LogP contribution in [0, 0.1) is 13.8 Å². The Morgan fingerprint density at radius 3 is 2.67 bits per heavy atom. The minimum absolute atomic E-state index is 0.192. The summed E-state index contributed by atoms with van der Waals surface area (Å²) < 4.78 is 1.89. The molecule has 1 heterocycles. The average Bonchev–Trinajstić information content (AvgIpc) is 2.61. The highest BCUT2D eigenvalue weighted by Crippen LogP contribution is 2.19. The van der Waals surface area contributed by atoms with Crippen LogP contribution in [0.15, 0.2) is 12.1 Å². The minimum Gasteiger partial charge on any atom is -0.328 e. The van der Waals surface area contributed by atoms with E-state index in [0.29, 0.717) is 6.54 Å². The summed E-state index contributed by atoms with van der Waals surface area (Å²) in [5.41, 5.74) is 10.1. The summed E-state index contributed by atoms with van der Waals surface area (Å²) in [6.07, 6.45) is 0. The molecule has 0 saturated heterocycles. The zero-order valence-electron chi connectivity index (χ0n) is 9.36. The number of hydrogen-bond donors (Lipinski definition) is 1. The molecule has 2 rings (SSSR count). The van der Waals surface area contributed by atoms with Crippen LogP contribution < -0.4 is 5.73 Å². The fraction of sp³-hybridized carbons (Fsp3) is 0.455. The quantitative estimate of drug-likeness (QED) is 0.807. The lowest BCUT2D eigenvalue weighted by molar-refractivity contribution is 0.500. The predicted molar refractivity (Wildman–Crippen MR) is 60.8 cm³/mol. The van der Waals surface area contributed by atoms with E-state index < -0.39 is 0 Å². The fourth-order valence-corrected chi connectivity index (χ4v) is 1.62. The number of nitrogens with two attached hydrogens (primary N) is 1. The van der Waals surface area contributed by atoms with Crippen molar-refractivity contribution in [3.63, 3.8) is 0 Å². The minimum atomic E-state index is 0.192. The highest BCUT2D eigenvalue weighted by atomic mass is 15.4. The van der Waals surface area contributed by atoms with Crippen molar-refractivity contribution < 1.29 is 0 Å². The Balaban J connectivity index is 2.64. The zero-order chi connectivity index (χ0) is 11.0. The van der Waals surface area contributed by atoms with Gasteiger partial charge in [-0.2, -0.15) is 0 Å². The number of hydrogen-bond acceptors (Lipinski definition) is 3. The maximum absolute atomic E-state index is 5.63. The smallest absolute Gasteiger partial charge is 0.113 e. The van der Waals surface area contributed by atoms with Crippen LogP contribution in [-0.4, -0.2) is 21.5 Å². The predicted octanol–water partition coefficient (Wildman–Crippen LogP) is 1.57. The van der Waals surface area contributed by atoms with Gasteiger partial charge in [-0.05, 0) is 44.0 Å². The molecular weight excluding hydrogens is 188 g/mol. The van der Waals surface area contributed by atoms with Gasteiger partial charge in [-0.25, -0.2) is 4.68 Å². The van der Waals surface area contributed by atoms with Crippen LogP contribution in [0.1, 0.15) is 24.1 Å². The summed E-state index contributed by atoms with van der Waals surface area (Å²) in [5, 5.41) is 8.28. The van der Waals surface area contributed by atoms with E-state index >= 15 is 0 Å². The van der Waals surface area contributed by atoms with Crippen LogP contribution in [0.4, 0.5) is 0 Å². The molecule has 1 aromatic carbocycles. The van der Waals surface area contributed by atoms with Gasteiger partial charge < -0.3 is 5.73 Å². The molecular formula is C11H16N4. The van der Waals surface area contributed by atoms with E-state index in [9.17, 15) is 0 Å². The number of nitrogens with zero attached hydrogens (tertiary/aromatic N) is 3. The SMILES string of the molecule is Cc1cc2nnn(C(C)CN)c2cc1C. The van der Waals surface area contributed by atoms with Crippen LogP contribution >= 0.6 is 0 Å². The zero-order valence-corrected chi connectivity index (χ0v) is 9.36. The molecule has 4 heteroatoms. The lowest BCUT2D eigenvalue weighted by Gasteiger charge is -2.09. The van der Waals surface area contributed by atoms with Crippen LogP contribution in [0.3, 0.4) is 0 Å². The molecule has 2 N–H and O–H groups in total. The molecule has 0 aliphatic heterocycles. The van der Waals surface area contributed by atoms with Gasteiger partial charge in [0.1, 0.15) is 5.52 Å². The van der Waals surface area contributed by atoms with E-state index in [1.54, 1.807) is 0 Å². The van der Waals surface area contributed by atoms with E-state index in [1.165, 1.54) is 11.1 Å². The summed E-state index contributed by atoms with van der Waals surface area (Å²) in [4.78, 5) is 0. The van der Waals surface area contributed by atoms with Crippen molar-refractivity contribution in [3.8, 4) is 0 Å². The second kappa shape index (κ2) is 3.62. The summed E-state index contributed by atoms with van der Waals surface area (Å²) >= 11 is 0. The first-order valence-electron chi connectivity index (χ1n) is 5.15. The first kappa shape index (κ1) is 10.1. The molecule has 0 aliphatic carbocycles. The van der Waals surface area contributed by atoms with Crippen molar-refractivity contribution in [2.24, 2.45) is 5.73 Å². The number of rotatable bonds is 2. The first-order valence-corrected chi connectivity index (χ1v) is 5.15. The molecule has 80 valence electrons. The van der Waals surface area contributed by atoms with Gasteiger partial charge in [-0.3, -0.25) is 0 Å². The number of aryl methyl sites for hydroxylation is 2.